The van der Waals surface area contributed by atoms with Gasteiger partial charge in [-0.3, -0.25) is 0 Å². The molecule has 1 aromatic carbocycles. The van der Waals surface area contributed by atoms with Crippen molar-refractivity contribution < 1.29 is 4.74 Å². The fourth-order valence-corrected chi connectivity index (χ4v) is 5.18. The van der Waals surface area contributed by atoms with Gasteiger partial charge in [0, 0.05) is 19.4 Å². The molecule has 108 valence electrons. The minimum absolute atomic E-state index is 0.242. The molecule has 0 N–H and O–H groups in total. The van der Waals surface area contributed by atoms with E-state index in [2.05, 4.69) is 60.8 Å². The van der Waals surface area contributed by atoms with Crippen molar-refractivity contribution in [2.75, 3.05) is 7.11 Å². The van der Waals surface area contributed by atoms with Crippen LogP contribution in [0.5, 0.6) is 5.75 Å². The number of rotatable bonds is 3. The Balaban J connectivity index is 2.61. The topological polar surface area (TPSA) is 9.23 Å². The molecule has 1 aromatic heterocycles. The second-order valence-electron chi connectivity index (χ2n) is 4.38. The molecule has 0 saturated carbocycles. The summed E-state index contributed by atoms with van der Waals surface area (Å²) in [6.07, 6.45) is 0. The number of alkyl halides is 1. The molecule has 1 nitrogen and oxygen atoms in total. The highest BCUT2D eigenvalue weighted by molar-refractivity contribution is 9.13. The van der Waals surface area contributed by atoms with Crippen LogP contribution >= 0.6 is 70.7 Å². The van der Waals surface area contributed by atoms with E-state index in [1.54, 1.807) is 18.4 Å². The average Bonchev–Trinajstić information content (AvgIpc) is 2.73. The molecule has 6 heteroatoms. The molecular weight excluding hydrogens is 491 g/mol. The van der Waals surface area contributed by atoms with Crippen molar-refractivity contribution in [1.29, 1.82) is 0 Å². The lowest BCUT2D eigenvalue weighted by atomic mass is 10.00. The standard InChI is InChI=1S/C14H12Br3ClOS/c1-6-4-8(15)7(2)11(13(6)19-3)12(18)10-5-9(16)14(17)20-10/h4-5,12H,1-3H3. The molecule has 0 aliphatic carbocycles. The van der Waals surface area contributed by atoms with Gasteiger partial charge in [0.25, 0.3) is 0 Å². The molecule has 0 bridgehead atoms. The van der Waals surface area contributed by atoms with Crippen LogP contribution in [-0.4, -0.2) is 7.11 Å². The molecule has 1 heterocycles. The zero-order chi connectivity index (χ0) is 15.0. The normalized spacial score (nSPS) is 12.6. The van der Waals surface area contributed by atoms with Crippen LogP contribution in [0.1, 0.15) is 26.9 Å². The maximum absolute atomic E-state index is 6.72. The smallest absolute Gasteiger partial charge is 0.127 e. The summed E-state index contributed by atoms with van der Waals surface area (Å²) in [5.74, 6) is 0.853. The van der Waals surface area contributed by atoms with Gasteiger partial charge in [-0.05, 0) is 69.0 Å². The predicted octanol–water partition coefficient (Wildman–Crippen LogP) is 6.99. The average molecular weight is 503 g/mol. The Morgan fingerprint density at radius 1 is 1.15 bits per heavy atom. The van der Waals surface area contributed by atoms with E-state index in [1.807, 2.05) is 13.0 Å². The molecule has 0 radical (unpaired) electrons. The van der Waals surface area contributed by atoms with Crippen molar-refractivity contribution in [3.8, 4) is 5.75 Å². The molecule has 20 heavy (non-hydrogen) atoms. The van der Waals surface area contributed by atoms with Crippen molar-refractivity contribution in [3.05, 3.63) is 46.4 Å². The first-order valence-electron chi connectivity index (χ1n) is 5.79. The van der Waals surface area contributed by atoms with Crippen molar-refractivity contribution in [1.82, 2.24) is 0 Å². The third kappa shape index (κ3) is 3.12. The van der Waals surface area contributed by atoms with Gasteiger partial charge < -0.3 is 4.74 Å². The summed E-state index contributed by atoms with van der Waals surface area (Å²) in [4.78, 5) is 1.07. The van der Waals surface area contributed by atoms with Crippen LogP contribution in [0.2, 0.25) is 0 Å². The van der Waals surface area contributed by atoms with E-state index < -0.39 is 0 Å². The van der Waals surface area contributed by atoms with Gasteiger partial charge in [0.05, 0.1) is 16.3 Å². The number of aryl methyl sites for hydroxylation is 1. The molecular formula is C14H12Br3ClOS. The molecule has 1 unspecified atom stereocenters. The van der Waals surface area contributed by atoms with E-state index in [4.69, 9.17) is 16.3 Å². The van der Waals surface area contributed by atoms with Crippen molar-refractivity contribution in [3.63, 3.8) is 0 Å². The van der Waals surface area contributed by atoms with Crippen LogP contribution in [0, 0.1) is 13.8 Å². The van der Waals surface area contributed by atoms with Crippen molar-refractivity contribution in [2.45, 2.75) is 19.2 Å². The molecule has 2 rings (SSSR count). The SMILES string of the molecule is COc1c(C)cc(Br)c(C)c1C(Cl)c1cc(Br)c(Br)s1. The Morgan fingerprint density at radius 2 is 1.80 bits per heavy atom. The Kier molecular flexibility index (Phi) is 5.63. The second kappa shape index (κ2) is 6.69. The van der Waals surface area contributed by atoms with Gasteiger partial charge in [-0.15, -0.1) is 22.9 Å². The number of benzene rings is 1. The largest absolute Gasteiger partial charge is 0.496 e. The van der Waals surface area contributed by atoms with E-state index in [1.165, 1.54) is 0 Å². The quantitative estimate of drug-likeness (QED) is 0.411. The third-order valence-electron chi connectivity index (χ3n) is 3.08. The van der Waals surface area contributed by atoms with Gasteiger partial charge in [-0.25, -0.2) is 0 Å². The van der Waals surface area contributed by atoms with Gasteiger partial charge >= 0.3 is 0 Å². The minimum atomic E-state index is -0.242. The lowest BCUT2D eigenvalue weighted by molar-refractivity contribution is 0.406. The van der Waals surface area contributed by atoms with E-state index in [0.29, 0.717) is 0 Å². The number of halogens is 4. The summed E-state index contributed by atoms with van der Waals surface area (Å²) in [5, 5.41) is -0.242. The van der Waals surface area contributed by atoms with Crippen LogP contribution in [0.25, 0.3) is 0 Å². The predicted molar refractivity (Wildman–Crippen MR) is 97.6 cm³/mol. The molecule has 0 aliphatic rings. The Hall–Kier alpha value is 0.450. The van der Waals surface area contributed by atoms with Gasteiger partial charge in [-0.2, -0.15) is 0 Å². The summed E-state index contributed by atoms with van der Waals surface area (Å²) < 4.78 is 8.68. The number of methoxy groups -OCH3 is 1. The van der Waals surface area contributed by atoms with Gasteiger partial charge in [0.2, 0.25) is 0 Å². The Labute approximate surface area is 153 Å². The van der Waals surface area contributed by atoms with Gasteiger partial charge in [-0.1, -0.05) is 15.9 Å². The maximum atomic E-state index is 6.72. The van der Waals surface area contributed by atoms with Crippen molar-refractivity contribution >= 4 is 70.7 Å². The Morgan fingerprint density at radius 3 is 2.30 bits per heavy atom. The summed E-state index contributed by atoms with van der Waals surface area (Å²) in [6.45, 7) is 4.07. The highest BCUT2D eigenvalue weighted by Gasteiger charge is 2.23. The first-order valence-corrected chi connectivity index (χ1v) is 9.42. The molecule has 0 amide bonds. The minimum Gasteiger partial charge on any atom is -0.496 e. The first kappa shape index (κ1) is 16.8. The molecule has 1 atom stereocenters. The summed E-state index contributed by atoms with van der Waals surface area (Å²) >= 11 is 19.0. The molecule has 0 saturated heterocycles. The first-order chi connectivity index (χ1) is 9.36. The lowest BCUT2D eigenvalue weighted by Gasteiger charge is -2.19. The fourth-order valence-electron chi connectivity index (χ4n) is 2.08. The third-order valence-corrected chi connectivity index (χ3v) is 7.81. The lowest BCUT2D eigenvalue weighted by Crippen LogP contribution is -2.02. The van der Waals surface area contributed by atoms with Crippen LogP contribution < -0.4 is 4.74 Å². The second-order valence-corrected chi connectivity index (χ2v) is 8.93. The molecule has 2 aromatic rings. The summed E-state index contributed by atoms with van der Waals surface area (Å²) in [5.41, 5.74) is 3.19. The van der Waals surface area contributed by atoms with E-state index >= 15 is 0 Å². The number of ether oxygens (including phenoxy) is 1. The monoisotopic (exact) mass is 500 g/mol. The Bertz CT molecular complexity index is 635. The van der Waals surface area contributed by atoms with Crippen molar-refractivity contribution in [2.24, 2.45) is 0 Å². The van der Waals surface area contributed by atoms with Crippen LogP contribution in [-0.2, 0) is 0 Å². The van der Waals surface area contributed by atoms with E-state index in [0.717, 1.165) is 40.0 Å². The number of thiophene rings is 1. The van der Waals surface area contributed by atoms with Gasteiger partial charge in [0.1, 0.15) is 5.75 Å². The van der Waals surface area contributed by atoms with E-state index in [9.17, 15) is 0 Å². The highest BCUT2D eigenvalue weighted by Crippen LogP contribution is 2.46. The highest BCUT2D eigenvalue weighted by atomic mass is 79.9. The zero-order valence-corrected chi connectivity index (χ0v) is 17.4. The summed E-state index contributed by atoms with van der Waals surface area (Å²) in [6, 6.07) is 4.10. The molecule has 0 spiro atoms. The van der Waals surface area contributed by atoms with Crippen LogP contribution in [0.3, 0.4) is 0 Å². The molecule has 0 aliphatic heterocycles. The zero-order valence-electron chi connectivity index (χ0n) is 11.1. The maximum Gasteiger partial charge on any atom is 0.127 e. The van der Waals surface area contributed by atoms with Crippen LogP contribution in [0.15, 0.2) is 24.9 Å². The van der Waals surface area contributed by atoms with Crippen LogP contribution in [0.4, 0.5) is 0 Å². The number of hydrogen-bond acceptors (Lipinski definition) is 2. The number of hydrogen-bond donors (Lipinski definition) is 0. The fraction of sp³-hybridized carbons (Fsp3) is 0.286. The summed E-state index contributed by atoms with van der Waals surface area (Å²) in [7, 11) is 1.68. The van der Waals surface area contributed by atoms with E-state index in [-0.39, 0.29) is 5.38 Å². The molecule has 0 fully saturated rings. The van der Waals surface area contributed by atoms with Gasteiger partial charge in [0.15, 0.2) is 0 Å².